The topological polar surface area (TPSA) is 95.6 Å². The molecule has 1 aromatic heterocycles. The summed E-state index contributed by atoms with van der Waals surface area (Å²) in [4.78, 5) is 23.4. The Morgan fingerprint density at radius 2 is 2.22 bits per heavy atom. The first-order chi connectivity index (χ1) is 8.49. The molecule has 0 aliphatic carbocycles. The number of carboxylic acids is 1. The lowest BCUT2D eigenvalue weighted by Crippen LogP contribution is -2.45. The second kappa shape index (κ2) is 4.87. The average Bonchev–Trinajstić information content (AvgIpc) is 2.31. The van der Waals surface area contributed by atoms with Gasteiger partial charge in [-0.1, -0.05) is 0 Å². The van der Waals surface area contributed by atoms with Crippen LogP contribution in [0.1, 0.15) is 22.2 Å². The fourth-order valence-corrected chi connectivity index (χ4v) is 2.02. The summed E-state index contributed by atoms with van der Waals surface area (Å²) in [6.07, 6.45) is 1.28. The van der Waals surface area contributed by atoms with E-state index in [1.165, 1.54) is 6.20 Å². The standard InChI is InChI=1S/C11H17N5O2/c1-15-3-4-16(2)8(6-15)10-13-5-7(11(17)18)9(12)14-10/h5,8H,3-4,6H2,1-2H3,(H,17,18)(H2,12,13,14). The molecule has 7 nitrogen and oxygen atoms in total. The molecule has 3 N–H and O–H groups in total. The maximum absolute atomic E-state index is 10.8. The van der Waals surface area contributed by atoms with Crippen molar-refractivity contribution < 1.29 is 9.90 Å². The number of likely N-dealkylation sites (N-methyl/N-ethyl adjacent to an activating group) is 2. The molecule has 1 saturated heterocycles. The van der Waals surface area contributed by atoms with Crippen LogP contribution in [0.2, 0.25) is 0 Å². The van der Waals surface area contributed by atoms with Crippen molar-refractivity contribution in [2.24, 2.45) is 0 Å². The van der Waals surface area contributed by atoms with E-state index < -0.39 is 5.97 Å². The zero-order chi connectivity index (χ0) is 13.3. The van der Waals surface area contributed by atoms with Gasteiger partial charge >= 0.3 is 5.97 Å². The van der Waals surface area contributed by atoms with Gasteiger partial charge in [0.15, 0.2) is 0 Å². The first-order valence-corrected chi connectivity index (χ1v) is 5.73. The quantitative estimate of drug-likeness (QED) is 0.743. The van der Waals surface area contributed by atoms with Crippen molar-refractivity contribution in [3.63, 3.8) is 0 Å². The first-order valence-electron chi connectivity index (χ1n) is 5.73. The molecule has 0 aromatic carbocycles. The number of aromatic carboxylic acids is 1. The Morgan fingerprint density at radius 1 is 1.50 bits per heavy atom. The number of piperazine rings is 1. The van der Waals surface area contributed by atoms with Crippen molar-refractivity contribution in [1.82, 2.24) is 19.8 Å². The molecule has 0 amide bonds. The smallest absolute Gasteiger partial charge is 0.341 e. The Bertz CT molecular complexity index is 465. The van der Waals surface area contributed by atoms with Crippen molar-refractivity contribution in [2.45, 2.75) is 6.04 Å². The lowest BCUT2D eigenvalue weighted by molar-refractivity contribution is 0.0696. The molecule has 1 aromatic rings. The van der Waals surface area contributed by atoms with Crippen LogP contribution in [0.3, 0.4) is 0 Å². The van der Waals surface area contributed by atoms with Gasteiger partial charge in [-0.25, -0.2) is 14.8 Å². The van der Waals surface area contributed by atoms with Gasteiger partial charge in [-0.2, -0.15) is 0 Å². The lowest BCUT2D eigenvalue weighted by atomic mass is 10.1. The average molecular weight is 251 g/mol. The molecule has 1 aliphatic heterocycles. The number of hydrogen-bond acceptors (Lipinski definition) is 6. The number of rotatable bonds is 2. The van der Waals surface area contributed by atoms with Gasteiger partial charge in [-0.05, 0) is 14.1 Å². The third kappa shape index (κ3) is 2.41. The van der Waals surface area contributed by atoms with Gasteiger partial charge in [0, 0.05) is 25.8 Å². The fraction of sp³-hybridized carbons (Fsp3) is 0.545. The Labute approximate surface area is 105 Å². The molecular formula is C11H17N5O2. The number of anilines is 1. The van der Waals surface area contributed by atoms with Gasteiger partial charge in [0.25, 0.3) is 0 Å². The summed E-state index contributed by atoms with van der Waals surface area (Å²) in [5.74, 6) is -0.506. The van der Waals surface area contributed by atoms with Crippen LogP contribution in [-0.2, 0) is 0 Å². The van der Waals surface area contributed by atoms with Gasteiger partial charge < -0.3 is 15.7 Å². The summed E-state index contributed by atoms with van der Waals surface area (Å²) in [7, 11) is 4.04. The van der Waals surface area contributed by atoms with E-state index in [2.05, 4.69) is 19.8 Å². The lowest BCUT2D eigenvalue weighted by Gasteiger charge is -2.36. The fourth-order valence-electron chi connectivity index (χ4n) is 2.02. The molecule has 1 aliphatic rings. The van der Waals surface area contributed by atoms with Crippen LogP contribution in [0.15, 0.2) is 6.20 Å². The normalized spacial score (nSPS) is 22.0. The molecule has 0 spiro atoms. The molecule has 1 unspecified atom stereocenters. The van der Waals surface area contributed by atoms with Gasteiger partial charge in [-0.15, -0.1) is 0 Å². The summed E-state index contributed by atoms with van der Waals surface area (Å²) in [6.45, 7) is 2.73. The Hall–Kier alpha value is -1.73. The van der Waals surface area contributed by atoms with Gasteiger partial charge in [0.1, 0.15) is 17.2 Å². The number of nitrogen functional groups attached to an aromatic ring is 1. The molecule has 1 atom stereocenters. The molecule has 0 radical (unpaired) electrons. The minimum Gasteiger partial charge on any atom is -0.477 e. The highest BCUT2D eigenvalue weighted by Gasteiger charge is 2.26. The molecule has 0 bridgehead atoms. The number of nitrogens with two attached hydrogens (primary N) is 1. The van der Waals surface area contributed by atoms with E-state index in [9.17, 15) is 4.79 Å². The number of aromatic nitrogens is 2. The van der Waals surface area contributed by atoms with E-state index in [1.807, 2.05) is 14.1 Å². The van der Waals surface area contributed by atoms with E-state index in [4.69, 9.17) is 10.8 Å². The third-order valence-electron chi connectivity index (χ3n) is 3.22. The van der Waals surface area contributed by atoms with Crippen LogP contribution in [0, 0.1) is 0 Å². The molecule has 7 heteroatoms. The molecule has 2 rings (SSSR count). The van der Waals surface area contributed by atoms with Gasteiger partial charge in [-0.3, -0.25) is 4.90 Å². The van der Waals surface area contributed by atoms with Gasteiger partial charge in [0.2, 0.25) is 0 Å². The Morgan fingerprint density at radius 3 is 2.83 bits per heavy atom. The Balaban J connectivity index is 2.28. The van der Waals surface area contributed by atoms with E-state index >= 15 is 0 Å². The molecule has 18 heavy (non-hydrogen) atoms. The zero-order valence-electron chi connectivity index (χ0n) is 10.5. The number of carboxylic acid groups (broad SMARTS) is 1. The largest absolute Gasteiger partial charge is 0.477 e. The minimum absolute atomic E-state index is 0.0223. The van der Waals surface area contributed by atoms with Crippen molar-refractivity contribution in [2.75, 3.05) is 39.5 Å². The van der Waals surface area contributed by atoms with E-state index in [1.54, 1.807) is 0 Å². The van der Waals surface area contributed by atoms with E-state index in [0.29, 0.717) is 5.82 Å². The van der Waals surface area contributed by atoms with Crippen molar-refractivity contribution in [3.8, 4) is 0 Å². The maximum Gasteiger partial charge on any atom is 0.341 e. The van der Waals surface area contributed by atoms with E-state index in [0.717, 1.165) is 19.6 Å². The Kier molecular flexibility index (Phi) is 3.44. The van der Waals surface area contributed by atoms with Crippen molar-refractivity contribution >= 4 is 11.8 Å². The monoisotopic (exact) mass is 251 g/mol. The van der Waals surface area contributed by atoms with Crippen LogP contribution in [0.4, 0.5) is 5.82 Å². The summed E-state index contributed by atoms with van der Waals surface area (Å²) in [6, 6.07) is 0.0499. The minimum atomic E-state index is -1.10. The highest BCUT2D eigenvalue weighted by Crippen LogP contribution is 2.21. The maximum atomic E-state index is 10.8. The summed E-state index contributed by atoms with van der Waals surface area (Å²) < 4.78 is 0. The second-order valence-electron chi connectivity index (χ2n) is 4.59. The van der Waals surface area contributed by atoms with Crippen LogP contribution >= 0.6 is 0 Å². The third-order valence-corrected chi connectivity index (χ3v) is 3.22. The molecule has 1 fully saturated rings. The van der Waals surface area contributed by atoms with Crippen LogP contribution in [-0.4, -0.2) is 64.6 Å². The highest BCUT2D eigenvalue weighted by molar-refractivity contribution is 5.92. The molecule has 98 valence electrons. The van der Waals surface area contributed by atoms with Crippen LogP contribution < -0.4 is 5.73 Å². The van der Waals surface area contributed by atoms with Crippen molar-refractivity contribution in [1.29, 1.82) is 0 Å². The molecule has 2 heterocycles. The first kappa shape index (κ1) is 12.7. The van der Waals surface area contributed by atoms with E-state index in [-0.39, 0.29) is 17.4 Å². The number of hydrogen-bond donors (Lipinski definition) is 2. The predicted molar refractivity (Wildman–Crippen MR) is 66.3 cm³/mol. The molecular weight excluding hydrogens is 234 g/mol. The number of carbonyl (C=O) groups is 1. The van der Waals surface area contributed by atoms with Crippen LogP contribution in [0.5, 0.6) is 0 Å². The SMILES string of the molecule is CN1CCN(C)C(c2ncc(C(=O)O)c(N)n2)C1. The summed E-state index contributed by atoms with van der Waals surface area (Å²) >= 11 is 0. The number of nitrogens with zero attached hydrogens (tertiary/aromatic N) is 4. The van der Waals surface area contributed by atoms with Crippen molar-refractivity contribution in [3.05, 3.63) is 17.6 Å². The highest BCUT2D eigenvalue weighted by atomic mass is 16.4. The second-order valence-corrected chi connectivity index (χ2v) is 4.59. The van der Waals surface area contributed by atoms with Gasteiger partial charge in [0.05, 0.1) is 6.04 Å². The van der Waals surface area contributed by atoms with Crippen LogP contribution in [0.25, 0.3) is 0 Å². The molecule has 0 saturated carbocycles. The predicted octanol–water partition coefficient (Wildman–Crippen LogP) is -0.325. The summed E-state index contributed by atoms with van der Waals surface area (Å²) in [5.41, 5.74) is 5.59. The summed E-state index contributed by atoms with van der Waals surface area (Å²) in [5, 5.41) is 8.88. The zero-order valence-corrected chi connectivity index (χ0v) is 10.5.